The highest BCUT2D eigenvalue weighted by Gasteiger charge is 1.97. The van der Waals surface area contributed by atoms with Gasteiger partial charge < -0.3 is 4.74 Å². The molecule has 0 saturated heterocycles. The maximum Gasteiger partial charge on any atom is 0.194 e. The van der Waals surface area contributed by atoms with Crippen LogP contribution in [0.4, 0.5) is 0 Å². The number of tetrazole rings is 1. The van der Waals surface area contributed by atoms with E-state index in [0.29, 0.717) is 5.75 Å². The monoisotopic (exact) mass is 189 g/mol. The molecular weight excluding hydrogens is 180 g/mol. The van der Waals surface area contributed by atoms with E-state index in [4.69, 9.17) is 4.74 Å². The fourth-order valence-electron chi connectivity index (χ4n) is 1.27. The van der Waals surface area contributed by atoms with Crippen molar-refractivity contribution in [2.45, 2.75) is 13.8 Å². The summed E-state index contributed by atoms with van der Waals surface area (Å²) in [6, 6.07) is 6.05. The molecule has 0 aliphatic heterocycles. The molecule has 0 radical (unpaired) electrons. The van der Waals surface area contributed by atoms with E-state index in [-0.39, 0.29) is 6.01 Å². The molecule has 0 aliphatic rings. The number of rotatable bonds is 2. The lowest BCUT2D eigenvalue weighted by atomic mass is 10.1. The van der Waals surface area contributed by atoms with Crippen molar-refractivity contribution in [3.8, 4) is 11.8 Å². The third-order valence-electron chi connectivity index (χ3n) is 1.70. The summed E-state index contributed by atoms with van der Waals surface area (Å²) in [5.74, 6) is 0.706. The minimum atomic E-state index is 0.176. The Morgan fingerprint density at radius 1 is 1.14 bits per heavy atom. The lowest BCUT2D eigenvalue weighted by molar-refractivity contribution is 0.439. The maximum absolute atomic E-state index is 5.33. The molecule has 0 N–H and O–H groups in total. The van der Waals surface area contributed by atoms with Crippen molar-refractivity contribution in [1.29, 1.82) is 0 Å². The Morgan fingerprint density at radius 3 is 2.43 bits per heavy atom. The van der Waals surface area contributed by atoms with E-state index in [9.17, 15) is 0 Å². The van der Waals surface area contributed by atoms with Crippen molar-refractivity contribution < 1.29 is 4.74 Å². The van der Waals surface area contributed by atoms with E-state index in [0.717, 1.165) is 11.1 Å². The van der Waals surface area contributed by atoms with Gasteiger partial charge in [0.05, 0.1) is 0 Å². The number of hydrogen-bond donors (Lipinski definition) is 0. The van der Waals surface area contributed by atoms with Crippen LogP contribution in [0.15, 0.2) is 18.2 Å². The summed E-state index contributed by atoms with van der Waals surface area (Å²) < 4.78 is 5.33. The lowest BCUT2D eigenvalue weighted by Gasteiger charge is -2.06. The van der Waals surface area contributed by atoms with Gasteiger partial charge in [0.1, 0.15) is 5.75 Å². The van der Waals surface area contributed by atoms with Gasteiger partial charge in [0.2, 0.25) is 0 Å². The van der Waals surface area contributed by atoms with Gasteiger partial charge in [0, 0.05) is 0 Å². The van der Waals surface area contributed by atoms with Gasteiger partial charge in [-0.2, -0.15) is 5.21 Å². The molecule has 2 aromatic rings. The average molecular weight is 189 g/mol. The Morgan fingerprint density at radius 2 is 1.86 bits per heavy atom. The predicted octanol–water partition coefficient (Wildman–Crippen LogP) is 1.24. The van der Waals surface area contributed by atoms with Crippen LogP contribution < -0.4 is 9.84 Å². The van der Waals surface area contributed by atoms with Crippen molar-refractivity contribution in [1.82, 2.24) is 20.6 Å². The zero-order chi connectivity index (χ0) is 9.97. The third-order valence-corrected chi connectivity index (χ3v) is 1.70. The number of nitrogens with zero attached hydrogens (tertiary/aromatic N) is 4. The number of hydrogen-bond acceptors (Lipinski definition) is 4. The first-order valence-electron chi connectivity index (χ1n) is 4.19. The molecule has 1 aromatic heterocycles. The van der Waals surface area contributed by atoms with Crippen LogP contribution in [0.5, 0.6) is 11.8 Å². The Kier molecular flexibility index (Phi) is 2.14. The largest absolute Gasteiger partial charge is 0.449 e. The fraction of sp³-hybridized carbons (Fsp3) is 0.222. The molecule has 0 amide bonds. The number of benzene rings is 1. The van der Waals surface area contributed by atoms with E-state index >= 15 is 0 Å². The van der Waals surface area contributed by atoms with Crippen LogP contribution in [-0.2, 0) is 0 Å². The molecule has 0 unspecified atom stereocenters. The summed E-state index contributed by atoms with van der Waals surface area (Å²) in [7, 11) is 0. The molecule has 5 nitrogen and oxygen atoms in total. The minimum absolute atomic E-state index is 0.176. The van der Waals surface area contributed by atoms with Crippen LogP contribution >= 0.6 is 0 Å². The second-order valence-electron chi connectivity index (χ2n) is 3.09. The number of aromatic nitrogens is 4. The lowest BCUT2D eigenvalue weighted by Crippen LogP contribution is -1.89. The second-order valence-corrected chi connectivity index (χ2v) is 3.09. The molecule has 0 aliphatic carbocycles. The van der Waals surface area contributed by atoms with E-state index < -0.39 is 0 Å². The number of aryl methyl sites for hydroxylation is 2. The van der Waals surface area contributed by atoms with Gasteiger partial charge in [0.25, 0.3) is 0 Å². The number of ether oxygens (including phenoxy) is 1. The summed E-state index contributed by atoms with van der Waals surface area (Å²) in [5.41, 5.74) is 2.26. The molecule has 72 valence electrons. The topological polar surface area (TPSA) is 62.0 Å². The molecule has 0 atom stereocenters. The third kappa shape index (κ3) is 1.87. The molecule has 2 rings (SSSR count). The van der Waals surface area contributed by atoms with Crippen molar-refractivity contribution in [3.63, 3.8) is 0 Å². The normalized spacial score (nSPS) is 10.1. The first-order valence-corrected chi connectivity index (χ1v) is 4.19. The smallest absolute Gasteiger partial charge is 0.194 e. The van der Waals surface area contributed by atoms with Crippen molar-refractivity contribution >= 4 is 0 Å². The van der Waals surface area contributed by atoms with Gasteiger partial charge in [0.15, 0.2) is 6.01 Å². The Hall–Kier alpha value is -1.91. The fourth-order valence-corrected chi connectivity index (χ4v) is 1.27. The molecule has 5 heteroatoms. The summed E-state index contributed by atoms with van der Waals surface area (Å²) in [4.78, 5) is 0. The molecule has 1 heterocycles. The van der Waals surface area contributed by atoms with E-state index in [1.54, 1.807) is 0 Å². The van der Waals surface area contributed by atoms with Crippen LogP contribution in [0.3, 0.4) is 0 Å². The highest BCUT2D eigenvalue weighted by molar-refractivity contribution is 5.34. The molecule has 14 heavy (non-hydrogen) atoms. The highest BCUT2D eigenvalue weighted by Crippen LogP contribution is 2.19. The molecule has 0 bridgehead atoms. The average Bonchev–Trinajstić information content (AvgIpc) is 2.54. The van der Waals surface area contributed by atoms with Gasteiger partial charge in [-0.05, 0) is 37.1 Å². The summed E-state index contributed by atoms with van der Waals surface area (Å²) in [5, 5.41) is 13.8. The molecule has 1 aromatic carbocycles. The van der Waals surface area contributed by atoms with Crippen molar-refractivity contribution in [2.24, 2.45) is 0 Å². The van der Waals surface area contributed by atoms with E-state index in [1.807, 2.05) is 26.0 Å². The summed E-state index contributed by atoms with van der Waals surface area (Å²) >= 11 is 0. The first kappa shape index (κ1) is 8.68. The zero-order valence-corrected chi connectivity index (χ0v) is 7.93. The summed E-state index contributed by atoms with van der Waals surface area (Å²) in [6.07, 6.45) is 0. The Labute approximate surface area is 81.1 Å². The van der Waals surface area contributed by atoms with E-state index in [2.05, 4.69) is 26.7 Å². The predicted molar refractivity (Wildman–Crippen MR) is 49.1 cm³/mol. The summed E-state index contributed by atoms with van der Waals surface area (Å²) in [6.45, 7) is 4.00. The quantitative estimate of drug-likeness (QED) is 0.711. The van der Waals surface area contributed by atoms with Crippen molar-refractivity contribution in [3.05, 3.63) is 29.3 Å². The zero-order valence-electron chi connectivity index (χ0n) is 7.93. The van der Waals surface area contributed by atoms with Crippen LogP contribution in [-0.4, -0.2) is 15.5 Å². The van der Waals surface area contributed by atoms with Crippen LogP contribution in [0.2, 0.25) is 0 Å². The van der Waals surface area contributed by atoms with Crippen LogP contribution in [0.1, 0.15) is 11.1 Å². The highest BCUT2D eigenvalue weighted by atomic mass is 16.5. The van der Waals surface area contributed by atoms with Crippen molar-refractivity contribution in [2.75, 3.05) is 0 Å². The molecule has 0 fully saturated rings. The van der Waals surface area contributed by atoms with Gasteiger partial charge in [-0.15, -0.1) is 0 Å². The van der Waals surface area contributed by atoms with Crippen LogP contribution in [0, 0.1) is 13.8 Å². The first-order chi connectivity index (χ1) is 6.74. The Bertz CT molecular complexity index is 404. The molecule has 0 saturated carbocycles. The van der Waals surface area contributed by atoms with Gasteiger partial charge in [-0.25, -0.2) is 5.10 Å². The van der Waals surface area contributed by atoms with Gasteiger partial charge >= 0.3 is 0 Å². The minimum Gasteiger partial charge on any atom is -0.449 e. The maximum atomic E-state index is 5.33. The SMILES string of the molecule is Cc1cc(C)cc(Oc2nnn[n-]2)c1. The van der Waals surface area contributed by atoms with Gasteiger partial charge in [-0.3, -0.25) is 10.3 Å². The Balaban J connectivity index is 2.25. The molecule has 0 spiro atoms. The second kappa shape index (κ2) is 3.45. The van der Waals surface area contributed by atoms with Gasteiger partial charge in [-0.1, -0.05) is 6.07 Å². The standard InChI is InChI=1S/C9H9N4O/c1-6-3-7(2)5-8(4-6)14-9-10-12-13-11-9/h3-5H,1-2H3/q-1. The molecular formula is C9H9N4O-. The van der Waals surface area contributed by atoms with E-state index in [1.165, 1.54) is 0 Å². The van der Waals surface area contributed by atoms with Crippen LogP contribution in [0.25, 0.3) is 0 Å².